The van der Waals surface area contributed by atoms with E-state index in [0.717, 1.165) is 17.8 Å². The first kappa shape index (κ1) is 12.4. The number of aromatic nitrogens is 1. The van der Waals surface area contributed by atoms with Crippen LogP contribution in [0.2, 0.25) is 0 Å². The summed E-state index contributed by atoms with van der Waals surface area (Å²) in [6.07, 6.45) is 5.25. The van der Waals surface area contributed by atoms with Crippen LogP contribution < -0.4 is 0 Å². The Morgan fingerprint density at radius 3 is 2.89 bits per heavy atom. The standard InChI is InChI=1S/C13H17ClN2OS/c1-8(16-7-9(14)6-12(16)17)13-15-10-4-2-3-5-11(10)18-13/h8-9H,2-7H2,1H3. The highest BCUT2D eigenvalue weighted by Gasteiger charge is 2.33. The molecule has 1 saturated heterocycles. The average Bonchev–Trinajstić information content (AvgIpc) is 2.91. The van der Waals surface area contributed by atoms with Crippen LogP contribution in [-0.4, -0.2) is 27.7 Å². The molecule has 1 aliphatic heterocycles. The quantitative estimate of drug-likeness (QED) is 0.783. The van der Waals surface area contributed by atoms with Crippen molar-refractivity contribution in [3.05, 3.63) is 15.6 Å². The molecule has 98 valence electrons. The number of fused-ring (bicyclic) bond motifs is 1. The molecule has 1 aromatic heterocycles. The Labute approximate surface area is 116 Å². The Morgan fingerprint density at radius 1 is 1.44 bits per heavy atom. The van der Waals surface area contributed by atoms with Gasteiger partial charge in [0, 0.05) is 17.8 Å². The van der Waals surface area contributed by atoms with Crippen LogP contribution in [0.15, 0.2) is 0 Å². The molecule has 1 aromatic rings. The third-order valence-corrected chi connectivity index (χ3v) is 5.42. The fourth-order valence-corrected chi connectivity index (χ4v) is 4.24. The summed E-state index contributed by atoms with van der Waals surface area (Å²) >= 11 is 7.84. The lowest BCUT2D eigenvalue weighted by molar-refractivity contribution is -0.129. The number of rotatable bonds is 2. The minimum Gasteiger partial charge on any atom is -0.332 e. The van der Waals surface area contributed by atoms with E-state index in [1.807, 2.05) is 4.90 Å². The number of alkyl halides is 1. The van der Waals surface area contributed by atoms with E-state index in [9.17, 15) is 4.79 Å². The molecule has 3 nitrogen and oxygen atoms in total. The SMILES string of the molecule is CC(c1nc2c(s1)CCCC2)N1CC(Cl)CC1=O. The Hall–Kier alpha value is -0.610. The molecule has 3 rings (SSSR count). The summed E-state index contributed by atoms with van der Waals surface area (Å²) in [6.45, 7) is 2.73. The molecule has 0 spiro atoms. The van der Waals surface area contributed by atoms with Crippen molar-refractivity contribution in [2.45, 2.75) is 50.4 Å². The lowest BCUT2D eigenvalue weighted by atomic mass is 10.0. The Morgan fingerprint density at radius 2 is 2.22 bits per heavy atom. The van der Waals surface area contributed by atoms with E-state index in [1.54, 1.807) is 11.3 Å². The molecule has 0 radical (unpaired) electrons. The smallest absolute Gasteiger partial charge is 0.224 e. The monoisotopic (exact) mass is 284 g/mol. The predicted molar refractivity (Wildman–Crippen MR) is 73.1 cm³/mol. The predicted octanol–water partition coefficient (Wildman–Crippen LogP) is 2.92. The third-order valence-electron chi connectivity index (χ3n) is 3.80. The fourth-order valence-electron chi connectivity index (χ4n) is 2.74. The van der Waals surface area contributed by atoms with Crippen LogP contribution in [0.5, 0.6) is 0 Å². The Kier molecular flexibility index (Phi) is 3.32. The van der Waals surface area contributed by atoms with Gasteiger partial charge in [0.15, 0.2) is 0 Å². The largest absolute Gasteiger partial charge is 0.332 e. The second-order valence-electron chi connectivity index (χ2n) is 5.15. The van der Waals surface area contributed by atoms with Gasteiger partial charge in [-0.25, -0.2) is 4.98 Å². The van der Waals surface area contributed by atoms with Crippen molar-refractivity contribution in [2.75, 3.05) is 6.54 Å². The van der Waals surface area contributed by atoms with Gasteiger partial charge in [0.1, 0.15) is 5.01 Å². The number of halogens is 1. The lowest BCUT2D eigenvalue weighted by Gasteiger charge is -2.22. The number of thiazole rings is 1. The molecular formula is C13H17ClN2OS. The normalized spacial score (nSPS) is 25.3. The zero-order valence-corrected chi connectivity index (χ0v) is 12.1. The molecule has 18 heavy (non-hydrogen) atoms. The molecule has 2 aliphatic rings. The lowest BCUT2D eigenvalue weighted by Crippen LogP contribution is -2.28. The Bertz CT molecular complexity index is 450. The molecule has 5 heteroatoms. The van der Waals surface area contributed by atoms with Gasteiger partial charge in [0.05, 0.1) is 17.1 Å². The number of hydrogen-bond donors (Lipinski definition) is 0. The Balaban J connectivity index is 1.81. The van der Waals surface area contributed by atoms with E-state index in [1.165, 1.54) is 23.4 Å². The average molecular weight is 285 g/mol. The highest BCUT2D eigenvalue weighted by molar-refractivity contribution is 7.11. The number of carbonyl (C=O) groups excluding carboxylic acids is 1. The summed E-state index contributed by atoms with van der Waals surface area (Å²) in [5.41, 5.74) is 1.27. The minimum absolute atomic E-state index is 0.0328. The third kappa shape index (κ3) is 2.16. The number of nitrogens with zero attached hydrogens (tertiary/aromatic N) is 2. The highest BCUT2D eigenvalue weighted by atomic mass is 35.5. The van der Waals surface area contributed by atoms with Gasteiger partial charge in [-0.15, -0.1) is 22.9 Å². The molecule has 0 N–H and O–H groups in total. The van der Waals surface area contributed by atoms with Gasteiger partial charge >= 0.3 is 0 Å². The maximum absolute atomic E-state index is 11.9. The number of hydrogen-bond acceptors (Lipinski definition) is 3. The molecule has 0 saturated carbocycles. The topological polar surface area (TPSA) is 33.2 Å². The van der Waals surface area contributed by atoms with Crippen LogP contribution in [-0.2, 0) is 17.6 Å². The first-order chi connectivity index (χ1) is 8.65. The van der Waals surface area contributed by atoms with Crippen molar-refractivity contribution in [1.29, 1.82) is 0 Å². The summed E-state index contributed by atoms with van der Waals surface area (Å²) in [5, 5.41) is 1.05. The zero-order chi connectivity index (χ0) is 12.7. The second-order valence-corrected chi connectivity index (χ2v) is 6.88. The van der Waals surface area contributed by atoms with Gasteiger partial charge in [-0.2, -0.15) is 0 Å². The molecule has 0 aromatic carbocycles. The van der Waals surface area contributed by atoms with Gasteiger partial charge < -0.3 is 4.90 Å². The molecule has 1 amide bonds. The van der Waals surface area contributed by atoms with Crippen molar-refractivity contribution < 1.29 is 4.79 Å². The molecule has 2 atom stereocenters. The van der Waals surface area contributed by atoms with E-state index < -0.39 is 0 Å². The number of carbonyl (C=O) groups is 1. The van der Waals surface area contributed by atoms with Crippen LogP contribution in [0.25, 0.3) is 0 Å². The number of aryl methyl sites for hydroxylation is 2. The van der Waals surface area contributed by atoms with E-state index >= 15 is 0 Å². The van der Waals surface area contributed by atoms with Gasteiger partial charge in [-0.3, -0.25) is 4.79 Å². The van der Waals surface area contributed by atoms with E-state index in [0.29, 0.717) is 13.0 Å². The molecule has 1 fully saturated rings. The van der Waals surface area contributed by atoms with Crippen molar-refractivity contribution in [1.82, 2.24) is 9.88 Å². The molecule has 2 heterocycles. The number of likely N-dealkylation sites (tertiary alicyclic amines) is 1. The van der Waals surface area contributed by atoms with Crippen molar-refractivity contribution >= 4 is 28.8 Å². The summed E-state index contributed by atoms with van der Waals surface area (Å²) in [6, 6.07) is 0.0804. The molecule has 0 bridgehead atoms. The fraction of sp³-hybridized carbons (Fsp3) is 0.692. The molecule has 1 aliphatic carbocycles. The zero-order valence-electron chi connectivity index (χ0n) is 10.5. The van der Waals surface area contributed by atoms with Crippen LogP contribution in [0.4, 0.5) is 0 Å². The minimum atomic E-state index is -0.0328. The van der Waals surface area contributed by atoms with E-state index in [-0.39, 0.29) is 17.3 Å². The summed E-state index contributed by atoms with van der Waals surface area (Å²) < 4.78 is 0. The second kappa shape index (κ2) is 4.82. The van der Waals surface area contributed by atoms with Crippen LogP contribution in [0.1, 0.15) is 47.8 Å². The summed E-state index contributed by atoms with van der Waals surface area (Å²) in [5.74, 6) is 0.163. The van der Waals surface area contributed by atoms with Crippen LogP contribution in [0, 0.1) is 0 Å². The molecular weight excluding hydrogens is 268 g/mol. The van der Waals surface area contributed by atoms with Gasteiger partial charge in [0.2, 0.25) is 5.91 Å². The van der Waals surface area contributed by atoms with E-state index in [2.05, 4.69) is 6.92 Å². The van der Waals surface area contributed by atoms with Gasteiger partial charge in [-0.05, 0) is 32.6 Å². The van der Waals surface area contributed by atoms with Crippen molar-refractivity contribution in [3.8, 4) is 0 Å². The maximum Gasteiger partial charge on any atom is 0.224 e. The maximum atomic E-state index is 11.9. The van der Waals surface area contributed by atoms with Crippen molar-refractivity contribution in [2.24, 2.45) is 0 Å². The summed E-state index contributed by atoms with van der Waals surface area (Å²) in [7, 11) is 0. The van der Waals surface area contributed by atoms with Gasteiger partial charge in [-0.1, -0.05) is 0 Å². The van der Waals surface area contributed by atoms with Crippen LogP contribution >= 0.6 is 22.9 Å². The first-order valence-electron chi connectivity index (χ1n) is 6.57. The van der Waals surface area contributed by atoms with Crippen molar-refractivity contribution in [3.63, 3.8) is 0 Å². The van der Waals surface area contributed by atoms with E-state index in [4.69, 9.17) is 16.6 Å². The first-order valence-corrected chi connectivity index (χ1v) is 7.82. The summed E-state index contributed by atoms with van der Waals surface area (Å²) in [4.78, 5) is 19.9. The molecule has 2 unspecified atom stereocenters. The van der Waals surface area contributed by atoms with Crippen LogP contribution in [0.3, 0.4) is 0 Å². The van der Waals surface area contributed by atoms with Gasteiger partial charge in [0.25, 0.3) is 0 Å². The number of amides is 1. The highest BCUT2D eigenvalue weighted by Crippen LogP contribution is 2.34.